The molecule has 12 rings (SSSR count). The molecule has 0 fully saturated rings. The first-order chi connectivity index (χ1) is 46.7. The third kappa shape index (κ3) is 120. The summed E-state index contributed by atoms with van der Waals surface area (Å²) in [6.45, 7) is 47.3. The van der Waals surface area contributed by atoms with Gasteiger partial charge in [0.15, 0.2) is 0 Å². The summed E-state index contributed by atoms with van der Waals surface area (Å²) in [5.74, 6) is 2.56. The Hall–Kier alpha value is -6.69. The molecular weight excluding hydrogens is 1550 g/mol. The Balaban J connectivity index is -0.0000000501. The van der Waals surface area contributed by atoms with Crippen LogP contribution in [-0.2, 0) is 111 Å². The molecule has 6 aromatic heterocycles. The van der Waals surface area contributed by atoms with Gasteiger partial charge < -0.3 is 44.6 Å². The summed E-state index contributed by atoms with van der Waals surface area (Å²) >= 11 is 0. The molecule has 0 saturated carbocycles. The standard InChI is InChI=1S/3C7H10N2.6C6H6.3C5H6N2.6C2H6.6CH3.6V/c3*1-5-4-6(2)9-7(3)8-5;6*1-2-4-6-5-3-1;3*1-5-4-6-2-3-7-5;6*1-2;;;;;;;;;;;;/h3*4H,1-3H3;6*1-6H;3*2-4H,1H3;6*1-2H3;6*1H3;;;;;;/q;;;;;;;;;;;;;;;;;;6*-1;;;;;;. The molecule has 6 heterocycles. The zero-order valence-corrected chi connectivity index (χ0v) is 80.1. The van der Waals surface area contributed by atoms with E-state index in [-0.39, 0.29) is 156 Å². The van der Waals surface area contributed by atoms with Crippen LogP contribution in [0.1, 0.15) is 152 Å². The van der Waals surface area contributed by atoms with E-state index in [9.17, 15) is 0 Å². The Kier molecular flexibility index (Phi) is 169. The predicted octanol–water partition coefficient (Wildman–Crippen LogP) is 25.5. The van der Waals surface area contributed by atoms with Crippen molar-refractivity contribution in [3.05, 3.63) is 406 Å². The molecule has 0 aliphatic rings. The van der Waals surface area contributed by atoms with Crippen LogP contribution in [0.15, 0.2) is 292 Å². The summed E-state index contributed by atoms with van der Waals surface area (Å²) in [5.41, 5.74) is 9.13. The average Bonchev–Trinajstić information content (AvgIpc) is 0.927. The molecule has 12 nitrogen and oxygen atoms in total. The molecule has 108 heavy (non-hydrogen) atoms. The van der Waals surface area contributed by atoms with E-state index in [1.807, 2.05) is 403 Å². The molecule has 6 radical (unpaired) electrons. The predicted molar refractivity (Wildman–Crippen MR) is 454 cm³/mol. The second-order valence-electron chi connectivity index (χ2n) is 17.6. The molecule has 0 amide bonds. The average molecular weight is 1690 g/mol. The maximum absolute atomic E-state index is 4.12. The van der Waals surface area contributed by atoms with Crippen LogP contribution in [0.4, 0.5) is 0 Å². The van der Waals surface area contributed by atoms with Gasteiger partial charge in [-0.05, 0) is 101 Å². The van der Waals surface area contributed by atoms with Crippen molar-refractivity contribution in [3.8, 4) is 0 Å². The van der Waals surface area contributed by atoms with Gasteiger partial charge in [-0.1, -0.05) is 301 Å². The molecule has 0 aliphatic heterocycles. The van der Waals surface area contributed by atoms with Gasteiger partial charge in [0.05, 0.1) is 17.1 Å². The minimum Gasteiger partial charge on any atom is -0.358 e. The number of hydrogen-bond acceptors (Lipinski definition) is 12. The molecule has 0 aliphatic carbocycles. The molecule has 12 aromatic rings. The summed E-state index contributed by atoms with van der Waals surface area (Å²) < 4.78 is 0. The number of rotatable bonds is 0. The summed E-state index contributed by atoms with van der Waals surface area (Å²) in [5, 5.41) is 0. The van der Waals surface area contributed by atoms with E-state index in [0.29, 0.717) is 0 Å². The van der Waals surface area contributed by atoms with E-state index >= 15 is 0 Å². The van der Waals surface area contributed by atoms with Crippen molar-refractivity contribution in [1.82, 2.24) is 59.8 Å². The Morgan fingerprint density at radius 2 is 0.259 bits per heavy atom. The molecule has 0 unspecified atom stereocenters. The summed E-state index contributed by atoms with van der Waals surface area (Å²) in [6, 6.07) is 77.9. The number of hydrogen-bond donors (Lipinski definition) is 0. The van der Waals surface area contributed by atoms with Crippen molar-refractivity contribution in [2.75, 3.05) is 0 Å². The number of aromatic nitrogens is 12. The third-order valence-electron chi connectivity index (χ3n) is 9.36. The van der Waals surface area contributed by atoms with Crippen molar-refractivity contribution in [1.29, 1.82) is 0 Å². The van der Waals surface area contributed by atoms with Crippen LogP contribution < -0.4 is 0 Å². The number of benzene rings is 6. The third-order valence-corrected chi connectivity index (χ3v) is 9.36. The minimum atomic E-state index is 0. The van der Waals surface area contributed by atoms with Crippen molar-refractivity contribution in [3.63, 3.8) is 0 Å². The molecule has 0 bridgehead atoms. The topological polar surface area (TPSA) is 155 Å². The van der Waals surface area contributed by atoms with Crippen LogP contribution in [0, 0.1) is 128 Å². The van der Waals surface area contributed by atoms with E-state index in [4.69, 9.17) is 0 Å². The van der Waals surface area contributed by atoms with Crippen LogP contribution in [0.5, 0.6) is 0 Å². The molecule has 6 aromatic carbocycles. The smallest absolute Gasteiger partial charge is 0.125 e. The minimum absolute atomic E-state index is 0. The Labute approximate surface area is 736 Å². The number of aryl methyl sites for hydroxylation is 12. The molecule has 18 heteroatoms. The fourth-order valence-electron chi connectivity index (χ4n) is 6.14. The first-order valence-corrected chi connectivity index (χ1v) is 33.3. The Morgan fingerprint density at radius 3 is 0.315 bits per heavy atom. The van der Waals surface area contributed by atoms with Gasteiger partial charge in [-0.3, -0.25) is 29.9 Å². The SMILES string of the molecule is CC.CC.CC.CC.CC.CC.Cc1cc(C)nc(C)n1.Cc1cc(C)nc(C)n1.Cc1cc(C)nc(C)n1.Cc1cnccn1.Cc1cnccn1.Cc1cnccn1.[CH3-].[CH3-].[CH3-].[CH3-].[CH3-].[CH3-].[V].[V].[V].[V].[V].[V].c1ccccc1.c1ccccc1.c1ccccc1.c1ccccc1.c1ccccc1.c1ccccc1. The fourth-order valence-corrected chi connectivity index (χ4v) is 6.14. The van der Waals surface area contributed by atoms with Crippen molar-refractivity contribution >= 4 is 0 Å². The molecular formula is C90H138N12V6-6. The number of nitrogens with zero attached hydrogens (tertiary/aromatic N) is 12. The van der Waals surface area contributed by atoms with Gasteiger partial charge in [0.25, 0.3) is 0 Å². The van der Waals surface area contributed by atoms with Crippen LogP contribution in [0.3, 0.4) is 0 Å². The second kappa shape index (κ2) is 124. The Bertz CT molecular complexity index is 2540. The van der Waals surface area contributed by atoms with Gasteiger partial charge in [0.2, 0.25) is 0 Å². The van der Waals surface area contributed by atoms with Crippen molar-refractivity contribution in [2.24, 2.45) is 0 Å². The van der Waals surface area contributed by atoms with E-state index in [1.54, 1.807) is 55.8 Å². The molecule has 0 saturated heterocycles. The van der Waals surface area contributed by atoms with E-state index in [1.165, 1.54) is 0 Å². The largest absolute Gasteiger partial charge is 0.358 e. The molecule has 0 atom stereocenters. The summed E-state index contributed by atoms with van der Waals surface area (Å²) in [6.07, 6.45) is 15.2. The zero-order chi connectivity index (χ0) is 73.4. The van der Waals surface area contributed by atoms with Crippen LogP contribution in [0.2, 0.25) is 0 Å². The normalized spacial score (nSPS) is 7.11. The van der Waals surface area contributed by atoms with Gasteiger partial charge in [-0.2, -0.15) is 0 Å². The first-order valence-electron chi connectivity index (χ1n) is 33.3. The van der Waals surface area contributed by atoms with E-state index < -0.39 is 0 Å². The van der Waals surface area contributed by atoms with Gasteiger partial charge in [0, 0.05) is 201 Å². The van der Waals surface area contributed by atoms with Crippen LogP contribution in [-0.4, -0.2) is 59.8 Å². The van der Waals surface area contributed by atoms with Gasteiger partial charge in [-0.25, -0.2) is 29.9 Å². The van der Waals surface area contributed by atoms with Crippen LogP contribution in [0.25, 0.3) is 0 Å². The van der Waals surface area contributed by atoms with Gasteiger partial charge in [0.1, 0.15) is 17.5 Å². The molecule has 0 spiro atoms. The monoisotopic (exact) mass is 1690 g/mol. The molecule has 594 valence electrons. The second-order valence-corrected chi connectivity index (χ2v) is 17.6. The van der Waals surface area contributed by atoms with Crippen LogP contribution >= 0.6 is 0 Å². The maximum Gasteiger partial charge on any atom is 0.125 e. The Morgan fingerprint density at radius 1 is 0.157 bits per heavy atom. The van der Waals surface area contributed by atoms with E-state index in [0.717, 1.165) is 68.7 Å². The quantitative estimate of drug-likeness (QED) is 0.133. The van der Waals surface area contributed by atoms with Crippen molar-refractivity contribution in [2.45, 2.75) is 166 Å². The van der Waals surface area contributed by atoms with Gasteiger partial charge >= 0.3 is 0 Å². The summed E-state index contributed by atoms with van der Waals surface area (Å²) in [4.78, 5) is 48.0. The first kappa shape index (κ1) is 147. The fraction of sp³-hybridized carbons (Fsp3) is 0.267. The maximum atomic E-state index is 4.12. The van der Waals surface area contributed by atoms with E-state index in [2.05, 4.69) is 59.8 Å². The van der Waals surface area contributed by atoms with Gasteiger partial charge in [-0.15, -0.1) is 0 Å². The summed E-state index contributed by atoms with van der Waals surface area (Å²) in [7, 11) is 0. The molecule has 0 N–H and O–H groups in total. The zero-order valence-electron chi connectivity index (χ0n) is 71.8. The van der Waals surface area contributed by atoms with Crippen molar-refractivity contribution < 1.29 is 111 Å².